The smallest absolute Gasteiger partial charge is 0.201 e. The largest absolute Gasteiger partial charge is 0.490 e. The van der Waals surface area contributed by atoms with Gasteiger partial charge in [-0.3, -0.25) is 4.79 Å². The summed E-state index contributed by atoms with van der Waals surface area (Å²) in [6.45, 7) is 0.711. The van der Waals surface area contributed by atoms with Crippen molar-refractivity contribution >= 4 is 5.78 Å². The molecule has 0 saturated heterocycles. The molecule has 0 amide bonds. The van der Waals surface area contributed by atoms with Gasteiger partial charge in [0, 0.05) is 5.92 Å². The van der Waals surface area contributed by atoms with Crippen LogP contribution < -0.4 is 0 Å². The van der Waals surface area contributed by atoms with E-state index in [1.165, 1.54) is 11.1 Å². The Labute approximate surface area is 101 Å². The van der Waals surface area contributed by atoms with Crippen LogP contribution in [0.1, 0.15) is 24.8 Å². The predicted octanol–water partition coefficient (Wildman–Crippen LogP) is 2.88. The van der Waals surface area contributed by atoms with Crippen LogP contribution in [-0.2, 0) is 16.0 Å². The van der Waals surface area contributed by atoms with Crippen LogP contribution >= 0.6 is 0 Å². The second-order valence-corrected chi connectivity index (χ2v) is 4.84. The standard InChI is InChI=1S/C15H16O2/c16-14-13(9-11-5-2-1-3-6-11)10-12-7-4-8-17-15(12)14/h1-3,5-6,13H,4,7-10H2. The number of carbonyl (C=O) groups is 1. The zero-order chi connectivity index (χ0) is 11.7. The SMILES string of the molecule is O=C1C2=C(CCCO2)CC1Cc1ccccc1. The summed E-state index contributed by atoms with van der Waals surface area (Å²) in [5, 5.41) is 0. The zero-order valence-electron chi connectivity index (χ0n) is 9.82. The van der Waals surface area contributed by atoms with Gasteiger partial charge >= 0.3 is 0 Å². The fourth-order valence-corrected chi connectivity index (χ4v) is 2.75. The fraction of sp³-hybridized carbons (Fsp3) is 0.400. The Balaban J connectivity index is 1.74. The van der Waals surface area contributed by atoms with E-state index in [2.05, 4.69) is 12.1 Å². The quantitative estimate of drug-likeness (QED) is 0.778. The minimum Gasteiger partial charge on any atom is -0.490 e. The van der Waals surface area contributed by atoms with Gasteiger partial charge in [-0.2, -0.15) is 0 Å². The van der Waals surface area contributed by atoms with Crippen LogP contribution in [0.4, 0.5) is 0 Å². The first-order valence-electron chi connectivity index (χ1n) is 6.27. The topological polar surface area (TPSA) is 26.3 Å². The molecule has 0 saturated carbocycles. The van der Waals surface area contributed by atoms with Gasteiger partial charge in [0.25, 0.3) is 0 Å². The zero-order valence-corrected chi connectivity index (χ0v) is 9.82. The highest BCUT2D eigenvalue weighted by atomic mass is 16.5. The molecule has 1 heterocycles. The molecule has 0 bridgehead atoms. The molecule has 2 heteroatoms. The van der Waals surface area contributed by atoms with Crippen molar-refractivity contribution in [2.45, 2.75) is 25.7 Å². The Morgan fingerprint density at radius 3 is 2.82 bits per heavy atom. The lowest BCUT2D eigenvalue weighted by Gasteiger charge is -2.13. The summed E-state index contributed by atoms with van der Waals surface area (Å²) >= 11 is 0. The highest BCUT2D eigenvalue weighted by Crippen LogP contribution is 2.36. The van der Waals surface area contributed by atoms with Crippen molar-refractivity contribution in [3.8, 4) is 0 Å². The summed E-state index contributed by atoms with van der Waals surface area (Å²) in [6.07, 6.45) is 3.86. The van der Waals surface area contributed by atoms with Gasteiger partial charge in [-0.25, -0.2) is 0 Å². The van der Waals surface area contributed by atoms with Crippen molar-refractivity contribution in [3.05, 3.63) is 47.2 Å². The molecule has 0 aromatic heterocycles. The van der Waals surface area contributed by atoms with E-state index in [4.69, 9.17) is 4.74 Å². The van der Waals surface area contributed by atoms with Gasteiger partial charge < -0.3 is 4.74 Å². The molecular weight excluding hydrogens is 212 g/mol. The summed E-state index contributed by atoms with van der Waals surface area (Å²) < 4.78 is 5.51. The summed E-state index contributed by atoms with van der Waals surface area (Å²) in [5.74, 6) is 1.03. The molecule has 0 radical (unpaired) electrons. The molecular formula is C15H16O2. The summed E-state index contributed by atoms with van der Waals surface area (Å²) in [4.78, 5) is 12.2. The van der Waals surface area contributed by atoms with E-state index in [0.29, 0.717) is 12.4 Å². The molecule has 1 aromatic carbocycles. The van der Waals surface area contributed by atoms with E-state index in [0.717, 1.165) is 25.7 Å². The number of hydrogen-bond donors (Lipinski definition) is 0. The Bertz CT molecular complexity index is 459. The van der Waals surface area contributed by atoms with Gasteiger partial charge in [-0.15, -0.1) is 0 Å². The van der Waals surface area contributed by atoms with Crippen LogP contribution in [0.3, 0.4) is 0 Å². The highest BCUT2D eigenvalue weighted by molar-refractivity contribution is 5.99. The van der Waals surface area contributed by atoms with E-state index in [-0.39, 0.29) is 11.7 Å². The summed E-state index contributed by atoms with van der Waals surface area (Å²) in [7, 11) is 0. The number of Topliss-reactive ketones (excluding diaryl/α,β-unsaturated/α-hetero) is 1. The van der Waals surface area contributed by atoms with Crippen molar-refractivity contribution in [1.82, 2.24) is 0 Å². The van der Waals surface area contributed by atoms with E-state index in [1.807, 2.05) is 18.2 Å². The van der Waals surface area contributed by atoms with Crippen LogP contribution in [0.5, 0.6) is 0 Å². The van der Waals surface area contributed by atoms with Gasteiger partial charge in [0.1, 0.15) is 0 Å². The predicted molar refractivity (Wildman–Crippen MR) is 65.5 cm³/mol. The van der Waals surface area contributed by atoms with Crippen LogP contribution in [0.25, 0.3) is 0 Å². The molecule has 3 rings (SSSR count). The maximum Gasteiger partial charge on any atom is 0.201 e. The van der Waals surface area contributed by atoms with Gasteiger partial charge in [0.2, 0.25) is 5.78 Å². The minimum atomic E-state index is 0.112. The van der Waals surface area contributed by atoms with Crippen molar-refractivity contribution in [2.75, 3.05) is 6.61 Å². The van der Waals surface area contributed by atoms with Crippen LogP contribution in [0.15, 0.2) is 41.7 Å². The first-order chi connectivity index (χ1) is 8.34. The maximum absolute atomic E-state index is 12.2. The van der Waals surface area contributed by atoms with E-state index in [1.54, 1.807) is 0 Å². The summed E-state index contributed by atoms with van der Waals surface area (Å²) in [6, 6.07) is 10.2. The molecule has 0 fully saturated rings. The number of ether oxygens (including phenoxy) is 1. The van der Waals surface area contributed by atoms with E-state index in [9.17, 15) is 4.79 Å². The monoisotopic (exact) mass is 228 g/mol. The Morgan fingerprint density at radius 2 is 2.06 bits per heavy atom. The molecule has 17 heavy (non-hydrogen) atoms. The van der Waals surface area contributed by atoms with Crippen LogP contribution in [0.2, 0.25) is 0 Å². The van der Waals surface area contributed by atoms with Gasteiger partial charge in [-0.05, 0) is 36.8 Å². The molecule has 1 unspecified atom stereocenters. The number of hydrogen-bond acceptors (Lipinski definition) is 2. The number of allylic oxidation sites excluding steroid dienone is 2. The van der Waals surface area contributed by atoms with Gasteiger partial charge in [-0.1, -0.05) is 30.3 Å². The van der Waals surface area contributed by atoms with Crippen molar-refractivity contribution in [1.29, 1.82) is 0 Å². The minimum absolute atomic E-state index is 0.112. The third-order valence-electron chi connectivity index (χ3n) is 3.60. The van der Waals surface area contributed by atoms with Crippen molar-refractivity contribution in [3.63, 3.8) is 0 Å². The first kappa shape index (κ1) is 10.6. The highest BCUT2D eigenvalue weighted by Gasteiger charge is 2.35. The van der Waals surface area contributed by atoms with Crippen molar-refractivity contribution in [2.24, 2.45) is 5.92 Å². The molecule has 88 valence electrons. The molecule has 1 aliphatic carbocycles. The second kappa shape index (κ2) is 4.36. The average Bonchev–Trinajstić information content (AvgIpc) is 2.68. The lowest BCUT2D eigenvalue weighted by molar-refractivity contribution is -0.121. The first-order valence-corrected chi connectivity index (χ1v) is 6.27. The third kappa shape index (κ3) is 1.99. The molecule has 1 aromatic rings. The third-order valence-corrected chi connectivity index (χ3v) is 3.60. The Morgan fingerprint density at radius 1 is 1.24 bits per heavy atom. The van der Waals surface area contributed by atoms with Gasteiger partial charge in [0.05, 0.1) is 6.61 Å². The fourth-order valence-electron chi connectivity index (χ4n) is 2.75. The molecule has 1 aliphatic heterocycles. The van der Waals surface area contributed by atoms with Crippen molar-refractivity contribution < 1.29 is 9.53 Å². The van der Waals surface area contributed by atoms with E-state index >= 15 is 0 Å². The summed E-state index contributed by atoms with van der Waals surface area (Å²) in [5.41, 5.74) is 2.49. The molecule has 0 spiro atoms. The second-order valence-electron chi connectivity index (χ2n) is 4.84. The Kier molecular flexibility index (Phi) is 2.71. The van der Waals surface area contributed by atoms with Crippen LogP contribution in [0, 0.1) is 5.92 Å². The molecule has 2 aliphatic rings. The normalized spacial score (nSPS) is 23.5. The number of carbonyl (C=O) groups excluding carboxylic acids is 1. The van der Waals surface area contributed by atoms with Gasteiger partial charge in [0.15, 0.2) is 5.76 Å². The lowest BCUT2D eigenvalue weighted by Crippen LogP contribution is -2.15. The molecule has 1 atom stereocenters. The number of ketones is 1. The maximum atomic E-state index is 12.2. The van der Waals surface area contributed by atoms with E-state index < -0.39 is 0 Å². The average molecular weight is 228 g/mol. The lowest BCUT2D eigenvalue weighted by atomic mass is 9.95. The molecule has 0 N–H and O–H groups in total. The Hall–Kier alpha value is -1.57. The van der Waals surface area contributed by atoms with Crippen LogP contribution in [-0.4, -0.2) is 12.4 Å². The number of rotatable bonds is 2. The molecule has 2 nitrogen and oxygen atoms in total. The number of benzene rings is 1.